The molecule has 0 saturated heterocycles. The summed E-state index contributed by atoms with van der Waals surface area (Å²) in [5, 5.41) is 0. The minimum atomic E-state index is 0.00643. The predicted octanol–water partition coefficient (Wildman–Crippen LogP) is 3.99. The number of aromatic nitrogens is 1. The van der Waals surface area contributed by atoms with Crippen molar-refractivity contribution in [2.24, 2.45) is 0 Å². The maximum atomic E-state index is 13.4. The second-order valence-electron chi connectivity index (χ2n) is 7.63. The number of para-hydroxylation sites is 1. The molecule has 3 aromatic rings. The second-order valence-corrected chi connectivity index (χ2v) is 7.63. The summed E-state index contributed by atoms with van der Waals surface area (Å²) < 4.78 is 0. The summed E-state index contributed by atoms with van der Waals surface area (Å²) in [7, 11) is 6.05. The van der Waals surface area contributed by atoms with Crippen LogP contribution in [0.1, 0.15) is 21.5 Å². The first-order chi connectivity index (χ1) is 14.0. The van der Waals surface area contributed by atoms with E-state index in [-0.39, 0.29) is 5.91 Å². The molecule has 0 aliphatic carbocycles. The van der Waals surface area contributed by atoms with Crippen LogP contribution in [0.5, 0.6) is 0 Å². The molecule has 2 aromatic carbocycles. The van der Waals surface area contributed by atoms with Gasteiger partial charge in [-0.15, -0.1) is 0 Å². The van der Waals surface area contributed by atoms with Crippen molar-refractivity contribution in [1.82, 2.24) is 4.98 Å². The summed E-state index contributed by atoms with van der Waals surface area (Å²) in [6.07, 6.45) is 2.64. The molecule has 0 saturated carbocycles. The molecule has 2 heterocycles. The predicted molar refractivity (Wildman–Crippen MR) is 119 cm³/mol. The Labute approximate surface area is 172 Å². The van der Waals surface area contributed by atoms with Gasteiger partial charge in [-0.05, 0) is 47.9 Å². The fraction of sp³-hybridized carbons (Fsp3) is 0.250. The molecule has 1 aliphatic heterocycles. The molecule has 1 aromatic heterocycles. The van der Waals surface area contributed by atoms with Gasteiger partial charge in [0.2, 0.25) is 0 Å². The van der Waals surface area contributed by atoms with Crippen LogP contribution in [0.3, 0.4) is 0 Å². The van der Waals surface area contributed by atoms with Crippen LogP contribution in [0, 0.1) is 0 Å². The zero-order valence-corrected chi connectivity index (χ0v) is 17.2. The molecule has 0 atom stereocenters. The lowest BCUT2D eigenvalue weighted by molar-refractivity contribution is 0.0989. The first-order valence-electron chi connectivity index (χ1n) is 9.87. The largest absolute Gasteiger partial charge is 0.378 e. The van der Waals surface area contributed by atoms with Gasteiger partial charge in [0, 0.05) is 51.8 Å². The van der Waals surface area contributed by atoms with Crippen molar-refractivity contribution in [2.75, 3.05) is 42.4 Å². The molecule has 148 valence electrons. The fourth-order valence-corrected chi connectivity index (χ4v) is 3.84. The number of anilines is 3. The third-order valence-corrected chi connectivity index (χ3v) is 5.36. The molecule has 1 amide bonds. The highest BCUT2D eigenvalue weighted by Crippen LogP contribution is 2.30. The number of benzene rings is 2. The number of hydrogen-bond donors (Lipinski definition) is 0. The number of fused-ring (bicyclic) bond motifs is 1. The summed E-state index contributed by atoms with van der Waals surface area (Å²) >= 11 is 0. The Hall–Kier alpha value is -3.34. The SMILES string of the molecule is CN(C)c1cccc(CN(C)c2ncccc2C(=O)N2CCc3ccccc32)c1. The van der Waals surface area contributed by atoms with E-state index in [9.17, 15) is 4.79 Å². The van der Waals surface area contributed by atoms with Crippen LogP contribution in [-0.2, 0) is 13.0 Å². The average molecular weight is 386 g/mol. The van der Waals surface area contributed by atoms with Crippen LogP contribution >= 0.6 is 0 Å². The Morgan fingerprint density at radius 2 is 1.86 bits per heavy atom. The van der Waals surface area contributed by atoms with E-state index in [2.05, 4.69) is 40.2 Å². The molecule has 0 spiro atoms. The van der Waals surface area contributed by atoms with Gasteiger partial charge in [0.05, 0.1) is 5.56 Å². The summed E-state index contributed by atoms with van der Waals surface area (Å²) in [5.74, 6) is 0.712. The Kier molecular flexibility index (Phi) is 5.21. The highest BCUT2D eigenvalue weighted by Gasteiger charge is 2.27. The van der Waals surface area contributed by atoms with Crippen LogP contribution in [0.25, 0.3) is 0 Å². The second kappa shape index (κ2) is 7.95. The Morgan fingerprint density at radius 1 is 1.03 bits per heavy atom. The molecule has 4 rings (SSSR count). The van der Waals surface area contributed by atoms with E-state index in [0.717, 1.165) is 17.8 Å². The summed E-state index contributed by atoms with van der Waals surface area (Å²) in [5.41, 5.74) is 5.19. The molecule has 0 N–H and O–H groups in total. The van der Waals surface area contributed by atoms with Gasteiger partial charge in [-0.25, -0.2) is 4.98 Å². The van der Waals surface area contributed by atoms with Gasteiger partial charge < -0.3 is 14.7 Å². The topological polar surface area (TPSA) is 39.7 Å². The van der Waals surface area contributed by atoms with Gasteiger partial charge >= 0.3 is 0 Å². The van der Waals surface area contributed by atoms with E-state index >= 15 is 0 Å². The van der Waals surface area contributed by atoms with E-state index in [1.165, 1.54) is 11.1 Å². The molecule has 0 fully saturated rings. The van der Waals surface area contributed by atoms with Crippen LogP contribution in [0.15, 0.2) is 66.9 Å². The van der Waals surface area contributed by atoms with Crippen LogP contribution in [0.2, 0.25) is 0 Å². The average Bonchev–Trinajstić information content (AvgIpc) is 3.17. The number of nitrogens with zero attached hydrogens (tertiary/aromatic N) is 4. The third-order valence-electron chi connectivity index (χ3n) is 5.36. The van der Waals surface area contributed by atoms with Crippen molar-refractivity contribution >= 4 is 23.1 Å². The number of pyridine rings is 1. The lowest BCUT2D eigenvalue weighted by Crippen LogP contribution is -2.31. The molecule has 0 radical (unpaired) electrons. The smallest absolute Gasteiger partial charge is 0.262 e. The minimum absolute atomic E-state index is 0.00643. The summed E-state index contributed by atoms with van der Waals surface area (Å²) in [6.45, 7) is 1.39. The zero-order valence-electron chi connectivity index (χ0n) is 17.2. The monoisotopic (exact) mass is 386 g/mol. The van der Waals surface area contributed by atoms with Gasteiger partial charge in [-0.1, -0.05) is 30.3 Å². The number of carbonyl (C=O) groups excluding carboxylic acids is 1. The van der Waals surface area contributed by atoms with Crippen molar-refractivity contribution in [1.29, 1.82) is 0 Å². The molecule has 29 heavy (non-hydrogen) atoms. The number of amides is 1. The van der Waals surface area contributed by atoms with E-state index in [1.807, 2.05) is 61.3 Å². The van der Waals surface area contributed by atoms with E-state index < -0.39 is 0 Å². The number of carbonyl (C=O) groups is 1. The highest BCUT2D eigenvalue weighted by molar-refractivity contribution is 6.10. The van der Waals surface area contributed by atoms with Crippen molar-refractivity contribution in [2.45, 2.75) is 13.0 Å². The standard InChI is InChI=1S/C24H26N4O/c1-26(2)20-10-6-8-18(16-20)17-27(3)23-21(11-7-14-25-23)24(29)28-15-13-19-9-4-5-12-22(19)28/h4-12,14,16H,13,15,17H2,1-3H3. The van der Waals surface area contributed by atoms with Gasteiger partial charge in [0.1, 0.15) is 5.82 Å². The summed E-state index contributed by atoms with van der Waals surface area (Å²) in [4.78, 5) is 23.9. The van der Waals surface area contributed by atoms with Gasteiger partial charge in [-0.3, -0.25) is 4.79 Å². The van der Waals surface area contributed by atoms with Crippen molar-refractivity contribution in [3.05, 3.63) is 83.6 Å². The number of hydrogen-bond acceptors (Lipinski definition) is 4. The minimum Gasteiger partial charge on any atom is -0.378 e. The Bertz CT molecular complexity index is 1030. The van der Waals surface area contributed by atoms with Crippen LogP contribution in [-0.4, -0.2) is 38.6 Å². The maximum absolute atomic E-state index is 13.4. The van der Waals surface area contributed by atoms with Gasteiger partial charge in [-0.2, -0.15) is 0 Å². The summed E-state index contributed by atoms with van der Waals surface area (Å²) in [6, 6.07) is 20.2. The zero-order chi connectivity index (χ0) is 20.4. The van der Waals surface area contributed by atoms with Crippen LogP contribution in [0.4, 0.5) is 17.2 Å². The molecule has 0 unspecified atom stereocenters. The first-order valence-corrected chi connectivity index (χ1v) is 9.87. The molecule has 5 nitrogen and oxygen atoms in total. The fourth-order valence-electron chi connectivity index (χ4n) is 3.84. The number of rotatable bonds is 5. The maximum Gasteiger partial charge on any atom is 0.262 e. The molecular weight excluding hydrogens is 360 g/mol. The van der Waals surface area contributed by atoms with Crippen molar-refractivity contribution in [3.63, 3.8) is 0 Å². The molecule has 5 heteroatoms. The quantitative estimate of drug-likeness (QED) is 0.665. The lowest BCUT2D eigenvalue weighted by Gasteiger charge is -2.24. The lowest BCUT2D eigenvalue weighted by atomic mass is 10.1. The van der Waals surface area contributed by atoms with Crippen molar-refractivity contribution in [3.8, 4) is 0 Å². The third kappa shape index (κ3) is 3.81. The van der Waals surface area contributed by atoms with E-state index in [4.69, 9.17) is 0 Å². The molecular formula is C24H26N4O. The first kappa shape index (κ1) is 19.0. The van der Waals surface area contributed by atoms with Crippen LogP contribution < -0.4 is 14.7 Å². The van der Waals surface area contributed by atoms with E-state index in [1.54, 1.807) is 6.20 Å². The van der Waals surface area contributed by atoms with Gasteiger partial charge in [0.25, 0.3) is 5.91 Å². The normalized spacial score (nSPS) is 12.6. The van der Waals surface area contributed by atoms with E-state index in [0.29, 0.717) is 24.5 Å². The van der Waals surface area contributed by atoms with Crippen molar-refractivity contribution < 1.29 is 4.79 Å². The van der Waals surface area contributed by atoms with Gasteiger partial charge in [0.15, 0.2) is 0 Å². The molecule has 0 bridgehead atoms. The Morgan fingerprint density at radius 3 is 2.69 bits per heavy atom. The molecule has 1 aliphatic rings. The Balaban J connectivity index is 1.60. The highest BCUT2D eigenvalue weighted by atomic mass is 16.2.